The van der Waals surface area contributed by atoms with Crippen LogP contribution in [0, 0.1) is 5.41 Å². The third-order valence-electron chi connectivity index (χ3n) is 3.48. The molecule has 0 amide bonds. The third kappa shape index (κ3) is 4.16. The zero-order valence-corrected chi connectivity index (χ0v) is 13.3. The molecule has 7 nitrogen and oxygen atoms in total. The summed E-state index contributed by atoms with van der Waals surface area (Å²) >= 11 is 0. The Morgan fingerprint density at radius 2 is 1.90 bits per heavy atom. The lowest BCUT2D eigenvalue weighted by molar-refractivity contribution is -0.151. The van der Waals surface area contributed by atoms with Gasteiger partial charge in [0.25, 0.3) is 0 Å². The van der Waals surface area contributed by atoms with Crippen LogP contribution in [0.4, 0.5) is 0 Å². The molecule has 1 aliphatic rings. The maximum Gasteiger partial charge on any atom is 0.310 e. The van der Waals surface area contributed by atoms with Crippen molar-refractivity contribution in [3.63, 3.8) is 0 Å². The maximum atomic E-state index is 12.1. The molecule has 0 aromatic rings. The molecule has 9 heteroatoms. The average Bonchev–Trinajstić information content (AvgIpc) is 2.26. The van der Waals surface area contributed by atoms with Crippen molar-refractivity contribution in [2.24, 2.45) is 5.41 Å². The van der Waals surface area contributed by atoms with E-state index in [1.807, 2.05) is 6.92 Å². The summed E-state index contributed by atoms with van der Waals surface area (Å²) in [5, 5.41) is 8.43. The van der Waals surface area contributed by atoms with E-state index >= 15 is 0 Å². The molecule has 0 radical (unpaired) electrons. The average molecular weight is 327 g/mol. The Bertz CT molecular complexity index is 564. The Morgan fingerprint density at radius 1 is 1.30 bits per heavy atom. The Hall–Kier alpha value is -0.670. The van der Waals surface area contributed by atoms with Crippen molar-refractivity contribution in [2.75, 3.05) is 24.4 Å². The lowest BCUT2D eigenvalue weighted by Gasteiger charge is -2.39. The van der Waals surface area contributed by atoms with Crippen molar-refractivity contribution in [1.29, 1.82) is 0 Å². The van der Waals surface area contributed by atoms with Crippen molar-refractivity contribution < 1.29 is 26.7 Å². The number of carboxylic acid groups (broad SMARTS) is 1. The highest BCUT2D eigenvalue weighted by molar-refractivity contribution is 8.06. The van der Waals surface area contributed by atoms with Crippen molar-refractivity contribution in [3.8, 4) is 0 Å². The fourth-order valence-corrected chi connectivity index (χ4v) is 6.25. The van der Waals surface area contributed by atoms with Gasteiger partial charge in [-0.05, 0) is 19.3 Å². The molecule has 0 aromatic heterocycles. The lowest BCUT2D eigenvalue weighted by atomic mass is 9.77. The molecule has 0 aliphatic carbocycles. The van der Waals surface area contributed by atoms with Crippen molar-refractivity contribution >= 4 is 25.8 Å². The van der Waals surface area contributed by atoms with E-state index in [0.717, 1.165) is 10.6 Å². The fourth-order valence-electron chi connectivity index (χ4n) is 2.64. The van der Waals surface area contributed by atoms with Crippen LogP contribution in [-0.4, -0.2) is 56.6 Å². The molecule has 1 N–H and O–H groups in total. The van der Waals surface area contributed by atoms with Crippen molar-refractivity contribution in [1.82, 2.24) is 4.31 Å². The van der Waals surface area contributed by atoms with Gasteiger partial charge in [-0.3, -0.25) is 4.79 Å². The minimum atomic E-state index is -3.98. The molecule has 1 unspecified atom stereocenters. The molecule has 0 saturated carbocycles. The van der Waals surface area contributed by atoms with Crippen LogP contribution in [0.3, 0.4) is 0 Å². The van der Waals surface area contributed by atoms with E-state index in [9.17, 15) is 26.7 Å². The van der Waals surface area contributed by atoms with Gasteiger partial charge in [-0.2, -0.15) is 4.31 Å². The van der Waals surface area contributed by atoms with Crippen LogP contribution in [0.2, 0.25) is 0 Å². The van der Waals surface area contributed by atoms with Gasteiger partial charge in [0, 0.05) is 19.3 Å². The summed E-state index contributed by atoms with van der Waals surface area (Å²) in [6, 6.07) is 0. The normalized spacial score (nSPS) is 25.5. The summed E-state index contributed by atoms with van der Waals surface area (Å²) in [5.74, 6) is -1.02. The molecule has 1 fully saturated rings. The monoisotopic (exact) mass is 327 g/mol. The first-order valence-electron chi connectivity index (χ1n) is 6.41. The lowest BCUT2D eigenvalue weighted by Crippen LogP contribution is -2.50. The van der Waals surface area contributed by atoms with Crippen LogP contribution >= 0.6 is 0 Å². The Kier molecular flexibility index (Phi) is 5.20. The molecule has 1 rings (SSSR count). The van der Waals surface area contributed by atoms with E-state index in [2.05, 4.69) is 0 Å². The summed E-state index contributed by atoms with van der Waals surface area (Å²) in [6.45, 7) is 1.87. The van der Waals surface area contributed by atoms with Gasteiger partial charge in [0.1, 0.15) is 0 Å². The van der Waals surface area contributed by atoms with E-state index in [1.165, 1.54) is 0 Å². The predicted molar refractivity (Wildman–Crippen MR) is 74.4 cm³/mol. The zero-order chi connectivity index (χ0) is 15.6. The van der Waals surface area contributed by atoms with Crippen LogP contribution in [-0.2, 0) is 24.7 Å². The van der Waals surface area contributed by atoms with Gasteiger partial charge in [0.05, 0.1) is 5.41 Å². The summed E-state index contributed by atoms with van der Waals surface area (Å²) in [7, 11) is -7.66. The number of piperidine rings is 1. The van der Waals surface area contributed by atoms with Crippen LogP contribution in [0.1, 0.15) is 32.6 Å². The topological polar surface area (TPSA) is 109 Å². The van der Waals surface area contributed by atoms with Crippen LogP contribution in [0.15, 0.2) is 0 Å². The number of carboxylic acids is 1. The second-order valence-electron chi connectivity index (χ2n) is 5.43. The predicted octanol–water partition coefficient (Wildman–Crippen LogP) is 0.285. The molecule has 1 atom stereocenters. The van der Waals surface area contributed by atoms with Gasteiger partial charge < -0.3 is 5.11 Å². The number of hydrogen-bond acceptors (Lipinski definition) is 5. The smallest absolute Gasteiger partial charge is 0.310 e. The van der Waals surface area contributed by atoms with Gasteiger partial charge in [0.15, 0.2) is 14.9 Å². The number of sulfone groups is 1. The summed E-state index contributed by atoms with van der Waals surface area (Å²) in [5.41, 5.74) is -1.10. The molecule has 118 valence electrons. The molecule has 0 bridgehead atoms. The highest BCUT2D eigenvalue weighted by atomic mass is 32.3. The van der Waals surface area contributed by atoms with Crippen LogP contribution in [0.5, 0.6) is 0 Å². The van der Waals surface area contributed by atoms with Gasteiger partial charge in [-0.25, -0.2) is 16.8 Å². The minimum absolute atomic E-state index is 0.145. The Morgan fingerprint density at radius 3 is 2.35 bits per heavy atom. The quantitative estimate of drug-likeness (QED) is 0.751. The standard InChI is InChI=1S/C11H21NO6S2/c1-3-5-11(10(13)14)6-4-7-12(8-11)20(17,18)9-19(2,15)16/h3-9H2,1-2H3,(H,13,14). The van der Waals surface area contributed by atoms with E-state index < -0.39 is 36.3 Å². The molecule has 20 heavy (non-hydrogen) atoms. The highest BCUT2D eigenvalue weighted by Crippen LogP contribution is 2.36. The number of carbonyl (C=O) groups is 1. The fraction of sp³-hybridized carbons (Fsp3) is 0.909. The molecular formula is C11H21NO6S2. The SMILES string of the molecule is CCCC1(C(=O)O)CCCN(S(=O)(=O)CS(C)(=O)=O)C1. The number of aliphatic carboxylic acids is 1. The summed E-state index contributed by atoms with van der Waals surface area (Å²) in [6.07, 6.45) is 2.71. The molecule has 1 aliphatic heterocycles. The van der Waals surface area contributed by atoms with E-state index in [0.29, 0.717) is 25.7 Å². The van der Waals surface area contributed by atoms with Crippen LogP contribution < -0.4 is 0 Å². The van der Waals surface area contributed by atoms with E-state index in [1.54, 1.807) is 0 Å². The number of hydrogen-bond donors (Lipinski definition) is 1. The minimum Gasteiger partial charge on any atom is -0.481 e. The third-order valence-corrected chi connectivity index (χ3v) is 7.48. The molecular weight excluding hydrogens is 306 g/mol. The van der Waals surface area contributed by atoms with Gasteiger partial charge >= 0.3 is 5.97 Å². The first-order chi connectivity index (χ1) is 9.02. The largest absolute Gasteiger partial charge is 0.481 e. The second-order valence-corrected chi connectivity index (χ2v) is 9.90. The zero-order valence-electron chi connectivity index (χ0n) is 11.7. The Balaban J connectivity index is 3.01. The second kappa shape index (κ2) is 5.98. The highest BCUT2D eigenvalue weighted by Gasteiger charge is 2.45. The molecule has 1 heterocycles. The summed E-state index contributed by atoms with van der Waals surface area (Å²) < 4.78 is 47.5. The molecule has 0 aromatic carbocycles. The van der Waals surface area contributed by atoms with Gasteiger partial charge in [0.2, 0.25) is 10.0 Å². The van der Waals surface area contributed by atoms with E-state index in [-0.39, 0.29) is 13.1 Å². The maximum absolute atomic E-state index is 12.1. The molecule has 0 spiro atoms. The molecule has 1 saturated heterocycles. The van der Waals surface area contributed by atoms with E-state index in [4.69, 9.17) is 0 Å². The first kappa shape index (κ1) is 17.4. The number of sulfonamides is 1. The van der Waals surface area contributed by atoms with Gasteiger partial charge in [-0.15, -0.1) is 0 Å². The number of nitrogens with zero attached hydrogens (tertiary/aromatic N) is 1. The Labute approximate surface area is 119 Å². The van der Waals surface area contributed by atoms with Crippen molar-refractivity contribution in [2.45, 2.75) is 32.6 Å². The first-order valence-corrected chi connectivity index (χ1v) is 10.1. The van der Waals surface area contributed by atoms with Crippen molar-refractivity contribution in [3.05, 3.63) is 0 Å². The van der Waals surface area contributed by atoms with Gasteiger partial charge in [-0.1, -0.05) is 13.3 Å². The number of rotatable bonds is 6. The summed E-state index contributed by atoms with van der Waals surface area (Å²) in [4.78, 5) is 11.5. The van der Waals surface area contributed by atoms with Crippen LogP contribution in [0.25, 0.3) is 0 Å².